The molecule has 1 rings (SSSR count). The lowest BCUT2D eigenvalue weighted by molar-refractivity contribution is 0.101. The molecule has 7 heteroatoms. The number of nitrogens with one attached hydrogen (secondary N) is 1. The van der Waals surface area contributed by atoms with Gasteiger partial charge in [0.05, 0.1) is 12.2 Å². The van der Waals surface area contributed by atoms with E-state index in [1.165, 1.54) is 25.1 Å². The lowest BCUT2D eigenvalue weighted by Gasteiger charge is -2.09. The van der Waals surface area contributed by atoms with Crippen molar-refractivity contribution in [2.45, 2.75) is 13.8 Å². The van der Waals surface area contributed by atoms with Crippen molar-refractivity contribution in [3.05, 3.63) is 23.8 Å². The third-order valence-electron chi connectivity index (χ3n) is 2.08. The fourth-order valence-electron chi connectivity index (χ4n) is 1.35. The summed E-state index contributed by atoms with van der Waals surface area (Å²) in [6.07, 6.45) is -2.18. The van der Waals surface area contributed by atoms with Gasteiger partial charge >= 0.3 is 12.2 Å². The molecular weight excluding hydrogens is 254 g/mol. The van der Waals surface area contributed by atoms with Crippen LogP contribution in [0.1, 0.15) is 24.2 Å². The number of ketones is 1. The largest absolute Gasteiger partial charge is 0.511 e. The zero-order valence-electron chi connectivity index (χ0n) is 10.4. The molecule has 0 aliphatic carbocycles. The highest BCUT2D eigenvalue weighted by atomic mass is 16.7. The van der Waals surface area contributed by atoms with Crippen LogP contribution in [0, 0.1) is 0 Å². The summed E-state index contributed by atoms with van der Waals surface area (Å²) in [6.45, 7) is 3.13. The number of hydrogen-bond acceptors (Lipinski definition) is 5. The molecule has 1 aromatic rings. The maximum absolute atomic E-state index is 11.4. The molecule has 0 saturated heterocycles. The van der Waals surface area contributed by atoms with Crippen molar-refractivity contribution < 1.29 is 29.0 Å². The number of rotatable bonds is 4. The Labute approximate surface area is 109 Å². The highest BCUT2D eigenvalue weighted by Crippen LogP contribution is 2.23. The minimum atomic E-state index is -1.52. The number of amides is 1. The maximum Gasteiger partial charge on any atom is 0.511 e. The Morgan fingerprint density at radius 3 is 2.53 bits per heavy atom. The number of anilines is 1. The number of Topliss-reactive ketones (excluding diaryl/α,β-unsaturated/α-hetero) is 1. The van der Waals surface area contributed by atoms with Gasteiger partial charge in [0.2, 0.25) is 0 Å². The van der Waals surface area contributed by atoms with E-state index in [4.69, 9.17) is 5.11 Å². The number of carboxylic acid groups (broad SMARTS) is 1. The Hall–Kier alpha value is -2.57. The van der Waals surface area contributed by atoms with Gasteiger partial charge in [0, 0.05) is 5.69 Å². The lowest BCUT2D eigenvalue weighted by Crippen LogP contribution is -2.14. The second-order valence-corrected chi connectivity index (χ2v) is 3.48. The van der Waals surface area contributed by atoms with Crippen LogP contribution in [0.2, 0.25) is 0 Å². The Morgan fingerprint density at radius 1 is 1.32 bits per heavy atom. The van der Waals surface area contributed by atoms with Gasteiger partial charge in [-0.15, -0.1) is 0 Å². The quantitative estimate of drug-likeness (QED) is 0.493. The first-order chi connectivity index (χ1) is 8.93. The van der Waals surface area contributed by atoms with Crippen molar-refractivity contribution >= 4 is 23.7 Å². The number of carbonyl (C=O) groups excluding carboxylic acids is 2. The van der Waals surface area contributed by atoms with Crippen LogP contribution in [-0.2, 0) is 4.74 Å². The summed E-state index contributed by atoms with van der Waals surface area (Å²) in [5, 5.41) is 10.9. The summed E-state index contributed by atoms with van der Waals surface area (Å²) >= 11 is 0. The minimum Gasteiger partial charge on any atom is -0.450 e. The SMILES string of the molecule is CCOC(=O)Nc1ccc(OC(=O)O)c(C(C)=O)c1. The third-order valence-corrected chi connectivity index (χ3v) is 2.08. The second-order valence-electron chi connectivity index (χ2n) is 3.48. The number of hydrogen-bond donors (Lipinski definition) is 2. The smallest absolute Gasteiger partial charge is 0.450 e. The summed E-state index contributed by atoms with van der Waals surface area (Å²) in [5.74, 6) is -0.474. The molecule has 0 radical (unpaired) electrons. The average Bonchev–Trinajstić information content (AvgIpc) is 2.30. The van der Waals surface area contributed by atoms with Gasteiger partial charge in [0.25, 0.3) is 0 Å². The first kappa shape index (κ1) is 14.5. The maximum atomic E-state index is 11.4. The zero-order chi connectivity index (χ0) is 14.4. The van der Waals surface area contributed by atoms with E-state index in [1.54, 1.807) is 6.92 Å². The molecule has 0 spiro atoms. The summed E-state index contributed by atoms with van der Waals surface area (Å²) in [6, 6.07) is 4.01. The second kappa shape index (κ2) is 6.39. The van der Waals surface area contributed by atoms with Crippen molar-refractivity contribution in [3.8, 4) is 5.75 Å². The Balaban J connectivity index is 2.99. The molecule has 7 nitrogen and oxygen atoms in total. The van der Waals surface area contributed by atoms with Crippen LogP contribution in [0.4, 0.5) is 15.3 Å². The van der Waals surface area contributed by atoms with Crippen LogP contribution >= 0.6 is 0 Å². The van der Waals surface area contributed by atoms with Crippen LogP contribution in [-0.4, -0.2) is 29.7 Å². The van der Waals surface area contributed by atoms with Crippen molar-refractivity contribution in [1.29, 1.82) is 0 Å². The van der Waals surface area contributed by atoms with Gasteiger partial charge < -0.3 is 14.6 Å². The number of benzene rings is 1. The fraction of sp³-hybridized carbons (Fsp3) is 0.250. The van der Waals surface area contributed by atoms with E-state index in [1.807, 2.05) is 0 Å². The Kier molecular flexibility index (Phi) is 4.87. The van der Waals surface area contributed by atoms with E-state index >= 15 is 0 Å². The molecule has 0 atom stereocenters. The van der Waals surface area contributed by atoms with Crippen molar-refractivity contribution in [2.24, 2.45) is 0 Å². The van der Waals surface area contributed by atoms with Crippen molar-refractivity contribution in [2.75, 3.05) is 11.9 Å². The van der Waals surface area contributed by atoms with Gasteiger partial charge in [-0.3, -0.25) is 10.1 Å². The zero-order valence-corrected chi connectivity index (χ0v) is 10.4. The fourth-order valence-corrected chi connectivity index (χ4v) is 1.35. The van der Waals surface area contributed by atoms with E-state index in [0.717, 1.165) is 0 Å². The minimum absolute atomic E-state index is 0.0525. The van der Waals surface area contributed by atoms with Gasteiger partial charge in [-0.25, -0.2) is 9.59 Å². The van der Waals surface area contributed by atoms with Gasteiger partial charge in [-0.2, -0.15) is 0 Å². The molecular formula is C12H13NO6. The molecule has 0 aliphatic rings. The molecule has 0 fully saturated rings. The summed E-state index contributed by atoms with van der Waals surface area (Å²) in [7, 11) is 0. The van der Waals surface area contributed by atoms with E-state index in [2.05, 4.69) is 14.8 Å². The first-order valence-electron chi connectivity index (χ1n) is 5.43. The van der Waals surface area contributed by atoms with Crippen LogP contribution in [0.3, 0.4) is 0 Å². The Bertz CT molecular complexity index is 511. The Morgan fingerprint density at radius 2 is 2.00 bits per heavy atom. The molecule has 0 unspecified atom stereocenters. The highest BCUT2D eigenvalue weighted by molar-refractivity contribution is 5.99. The first-order valence-corrected chi connectivity index (χ1v) is 5.43. The van der Waals surface area contributed by atoms with Crippen LogP contribution in [0.25, 0.3) is 0 Å². The van der Waals surface area contributed by atoms with Crippen LogP contribution < -0.4 is 10.1 Å². The summed E-state index contributed by atoms with van der Waals surface area (Å²) in [5.41, 5.74) is 0.359. The van der Waals surface area contributed by atoms with E-state index in [-0.39, 0.29) is 23.7 Å². The molecule has 2 N–H and O–H groups in total. The predicted molar refractivity (Wildman–Crippen MR) is 65.7 cm³/mol. The molecule has 1 amide bonds. The third kappa shape index (κ3) is 4.30. The summed E-state index contributed by atoms with van der Waals surface area (Å²) < 4.78 is 9.15. The lowest BCUT2D eigenvalue weighted by atomic mass is 10.1. The molecule has 1 aromatic carbocycles. The molecule has 0 aromatic heterocycles. The highest BCUT2D eigenvalue weighted by Gasteiger charge is 2.13. The molecule has 0 saturated carbocycles. The molecule has 0 bridgehead atoms. The van der Waals surface area contributed by atoms with Crippen LogP contribution in [0.5, 0.6) is 5.75 Å². The van der Waals surface area contributed by atoms with Crippen LogP contribution in [0.15, 0.2) is 18.2 Å². The topological polar surface area (TPSA) is 102 Å². The van der Waals surface area contributed by atoms with E-state index in [0.29, 0.717) is 5.69 Å². The predicted octanol–water partition coefficient (Wildman–Crippen LogP) is 2.51. The van der Waals surface area contributed by atoms with E-state index in [9.17, 15) is 14.4 Å². The molecule has 0 aliphatic heterocycles. The normalized spacial score (nSPS) is 9.58. The summed E-state index contributed by atoms with van der Waals surface area (Å²) in [4.78, 5) is 33.1. The number of carbonyl (C=O) groups is 3. The van der Waals surface area contributed by atoms with E-state index < -0.39 is 12.2 Å². The monoisotopic (exact) mass is 267 g/mol. The molecule has 19 heavy (non-hydrogen) atoms. The van der Waals surface area contributed by atoms with Gasteiger partial charge in [0.15, 0.2) is 5.78 Å². The standard InChI is InChI=1S/C12H13NO6/c1-3-18-11(15)13-8-4-5-10(19-12(16)17)9(6-8)7(2)14/h4-6H,3H2,1-2H3,(H,13,15)(H,16,17). The molecule has 102 valence electrons. The van der Waals surface area contributed by atoms with Crippen molar-refractivity contribution in [3.63, 3.8) is 0 Å². The van der Waals surface area contributed by atoms with Gasteiger partial charge in [-0.05, 0) is 32.0 Å². The number of ether oxygens (including phenoxy) is 2. The van der Waals surface area contributed by atoms with Gasteiger partial charge in [0.1, 0.15) is 5.75 Å². The van der Waals surface area contributed by atoms with Crippen molar-refractivity contribution in [1.82, 2.24) is 0 Å². The van der Waals surface area contributed by atoms with Gasteiger partial charge in [-0.1, -0.05) is 0 Å². The molecule has 0 heterocycles. The average molecular weight is 267 g/mol.